The summed E-state index contributed by atoms with van der Waals surface area (Å²) in [4.78, 5) is 27.8. The summed E-state index contributed by atoms with van der Waals surface area (Å²) in [7, 11) is -1.46. The van der Waals surface area contributed by atoms with Crippen molar-refractivity contribution >= 4 is 15.9 Å². The lowest BCUT2D eigenvalue weighted by molar-refractivity contribution is 0.0542. The van der Waals surface area contributed by atoms with Crippen LogP contribution in [0, 0.1) is 5.92 Å². The van der Waals surface area contributed by atoms with E-state index >= 15 is 0 Å². The van der Waals surface area contributed by atoms with Crippen molar-refractivity contribution in [1.82, 2.24) is 24.1 Å². The van der Waals surface area contributed by atoms with Crippen molar-refractivity contribution in [3.05, 3.63) is 59.2 Å². The maximum atomic E-state index is 13.9. The van der Waals surface area contributed by atoms with Crippen LogP contribution < -0.4 is 0 Å². The molecule has 2 aliphatic heterocycles. The molecular weight excluding hydrogens is 558 g/mol. The summed E-state index contributed by atoms with van der Waals surface area (Å²) in [6, 6.07) is 11.5. The second-order valence-electron chi connectivity index (χ2n) is 13.6. The number of nitrogens with zero attached hydrogens (tertiary/aromatic N) is 5. The number of rotatable bonds is 9. The van der Waals surface area contributed by atoms with Gasteiger partial charge in [0.05, 0.1) is 6.26 Å². The fraction of sp³-hybridized carbons (Fsp3) is 0.676. The minimum atomic E-state index is -3.16. The zero-order valence-corrected chi connectivity index (χ0v) is 26.9. The number of benzene rings is 1. The fourth-order valence-corrected chi connectivity index (χ4v) is 8.75. The SMILES string of the molecule is CN(C1CCN(C2CCN(C(=O)c3ncnc(CC[C@H]4CCC[C@@H](c5ccccc5)C4)c3C3CC3)CC2)CC1)S(C)(=O)=O. The Morgan fingerprint density at radius 2 is 1.63 bits per heavy atom. The second kappa shape index (κ2) is 13.3. The lowest BCUT2D eigenvalue weighted by atomic mass is 9.76. The Morgan fingerprint density at radius 3 is 2.30 bits per heavy atom. The minimum Gasteiger partial charge on any atom is -0.337 e. The molecule has 0 N–H and O–H groups in total. The maximum absolute atomic E-state index is 13.9. The van der Waals surface area contributed by atoms with E-state index < -0.39 is 10.0 Å². The van der Waals surface area contributed by atoms with Crippen LogP contribution in [-0.4, -0.2) is 90.0 Å². The van der Waals surface area contributed by atoms with E-state index in [0.717, 1.165) is 88.8 Å². The third kappa shape index (κ3) is 7.31. The zero-order valence-electron chi connectivity index (χ0n) is 26.0. The van der Waals surface area contributed by atoms with Crippen LogP contribution in [0.2, 0.25) is 0 Å². The first-order valence-electron chi connectivity index (χ1n) is 16.6. The largest absolute Gasteiger partial charge is 0.337 e. The third-order valence-electron chi connectivity index (χ3n) is 10.8. The van der Waals surface area contributed by atoms with Crippen LogP contribution in [0.15, 0.2) is 36.7 Å². The number of carbonyl (C=O) groups excluding carboxylic acids is 1. The molecule has 2 saturated carbocycles. The van der Waals surface area contributed by atoms with Gasteiger partial charge in [0.15, 0.2) is 0 Å². The highest BCUT2D eigenvalue weighted by atomic mass is 32.2. The first kappa shape index (κ1) is 30.7. The normalized spacial score (nSPS) is 24.9. The molecule has 2 aliphatic carbocycles. The van der Waals surface area contributed by atoms with E-state index in [1.165, 1.54) is 41.8 Å². The van der Waals surface area contributed by atoms with Crippen molar-refractivity contribution in [2.45, 2.75) is 101 Å². The first-order chi connectivity index (χ1) is 20.8. The number of aromatic nitrogens is 2. The molecule has 3 heterocycles. The highest BCUT2D eigenvalue weighted by Gasteiger charge is 2.36. The van der Waals surface area contributed by atoms with Crippen molar-refractivity contribution in [2.24, 2.45) is 5.92 Å². The van der Waals surface area contributed by atoms with E-state index in [1.807, 2.05) is 4.90 Å². The predicted molar refractivity (Wildman–Crippen MR) is 170 cm³/mol. The molecular formula is C34H49N5O3S. The molecule has 4 aliphatic rings. The van der Waals surface area contributed by atoms with Gasteiger partial charge in [-0.1, -0.05) is 43.2 Å². The van der Waals surface area contributed by atoms with Gasteiger partial charge >= 0.3 is 0 Å². The summed E-state index contributed by atoms with van der Waals surface area (Å²) in [6.07, 6.45) is 16.0. The third-order valence-corrected chi connectivity index (χ3v) is 12.1. The fourth-order valence-electron chi connectivity index (χ4n) is 7.99. The van der Waals surface area contributed by atoms with Crippen LogP contribution in [0.5, 0.6) is 0 Å². The highest BCUT2D eigenvalue weighted by Crippen LogP contribution is 2.44. The van der Waals surface area contributed by atoms with E-state index in [0.29, 0.717) is 29.5 Å². The monoisotopic (exact) mass is 607 g/mol. The topological polar surface area (TPSA) is 86.7 Å². The van der Waals surface area contributed by atoms with Gasteiger partial charge in [-0.05, 0) is 101 Å². The van der Waals surface area contributed by atoms with Gasteiger partial charge in [-0.2, -0.15) is 0 Å². The number of likely N-dealkylation sites (tertiary alicyclic amines) is 2. The quantitative estimate of drug-likeness (QED) is 0.389. The highest BCUT2D eigenvalue weighted by molar-refractivity contribution is 7.88. The number of aryl methyl sites for hydroxylation is 1. The van der Waals surface area contributed by atoms with Crippen molar-refractivity contribution < 1.29 is 13.2 Å². The van der Waals surface area contributed by atoms with Crippen LogP contribution >= 0.6 is 0 Å². The summed E-state index contributed by atoms with van der Waals surface area (Å²) >= 11 is 0. The molecule has 4 fully saturated rings. The lowest BCUT2D eigenvalue weighted by Crippen LogP contribution is -2.52. The van der Waals surface area contributed by atoms with Gasteiger partial charge in [0.25, 0.3) is 5.91 Å². The molecule has 0 unspecified atom stereocenters. The molecule has 0 bridgehead atoms. The molecule has 9 heteroatoms. The molecule has 1 aromatic heterocycles. The minimum absolute atomic E-state index is 0.0827. The van der Waals surface area contributed by atoms with E-state index in [1.54, 1.807) is 13.4 Å². The molecule has 2 atom stereocenters. The number of sulfonamides is 1. The molecule has 8 nitrogen and oxygen atoms in total. The van der Waals surface area contributed by atoms with E-state index in [2.05, 4.69) is 40.2 Å². The molecule has 2 aromatic rings. The number of carbonyl (C=O) groups is 1. The summed E-state index contributed by atoms with van der Waals surface area (Å²) in [5.74, 6) is 1.88. The van der Waals surface area contributed by atoms with Gasteiger partial charge in [-0.3, -0.25) is 4.79 Å². The summed E-state index contributed by atoms with van der Waals surface area (Å²) in [5, 5.41) is 0. The zero-order chi connectivity index (χ0) is 30.0. The molecule has 234 valence electrons. The van der Waals surface area contributed by atoms with Gasteiger partial charge in [-0.15, -0.1) is 0 Å². The molecule has 43 heavy (non-hydrogen) atoms. The van der Waals surface area contributed by atoms with Gasteiger partial charge in [0, 0.05) is 43.5 Å². The Labute approximate surface area is 258 Å². The molecule has 6 rings (SSSR count). The van der Waals surface area contributed by atoms with Gasteiger partial charge in [0.1, 0.15) is 12.0 Å². The van der Waals surface area contributed by atoms with E-state index in [4.69, 9.17) is 4.98 Å². The summed E-state index contributed by atoms with van der Waals surface area (Å²) < 4.78 is 25.5. The van der Waals surface area contributed by atoms with Gasteiger partial charge in [-0.25, -0.2) is 22.7 Å². The summed E-state index contributed by atoms with van der Waals surface area (Å²) in [6.45, 7) is 3.33. The standard InChI is InChI=1S/C34H49N5O3S/c1-37(43(2,41)42)29-15-19-38(20-16-29)30-17-21-39(22-18-30)34(40)33-32(27-12-13-27)31(35-24-36-33)14-11-25-7-6-10-28(23-25)26-8-4-3-5-9-26/h3-5,8-9,24-25,27-30H,6-7,10-23H2,1-2H3/t25-,28-/m1/s1. The Kier molecular flexibility index (Phi) is 9.50. The summed E-state index contributed by atoms with van der Waals surface area (Å²) in [5.41, 5.74) is 4.39. The van der Waals surface area contributed by atoms with Crippen molar-refractivity contribution in [3.8, 4) is 0 Å². The van der Waals surface area contributed by atoms with Crippen LogP contribution in [0.3, 0.4) is 0 Å². The first-order valence-corrected chi connectivity index (χ1v) is 18.5. The average molecular weight is 608 g/mol. The van der Waals surface area contributed by atoms with Crippen molar-refractivity contribution in [3.63, 3.8) is 0 Å². The Hall–Kier alpha value is -2.36. The Bertz CT molecular complexity index is 1350. The van der Waals surface area contributed by atoms with Gasteiger partial charge < -0.3 is 9.80 Å². The Balaban J connectivity index is 1.04. The molecule has 0 radical (unpaired) electrons. The predicted octanol–water partition coefficient (Wildman–Crippen LogP) is 5.22. The Morgan fingerprint density at radius 1 is 0.907 bits per heavy atom. The van der Waals surface area contributed by atoms with Gasteiger partial charge in [0.2, 0.25) is 10.0 Å². The number of hydrogen-bond acceptors (Lipinski definition) is 6. The molecule has 0 spiro atoms. The molecule has 2 saturated heterocycles. The number of hydrogen-bond donors (Lipinski definition) is 0. The van der Waals surface area contributed by atoms with Crippen LogP contribution in [-0.2, 0) is 16.4 Å². The van der Waals surface area contributed by atoms with Crippen LogP contribution in [0.4, 0.5) is 0 Å². The van der Waals surface area contributed by atoms with Crippen LogP contribution in [0.25, 0.3) is 0 Å². The van der Waals surface area contributed by atoms with E-state index in [9.17, 15) is 13.2 Å². The average Bonchev–Trinajstić information content (AvgIpc) is 3.89. The number of amides is 1. The second-order valence-corrected chi connectivity index (χ2v) is 15.6. The molecule has 1 aromatic carbocycles. The smallest absolute Gasteiger partial charge is 0.272 e. The van der Waals surface area contributed by atoms with Crippen molar-refractivity contribution in [1.29, 1.82) is 0 Å². The lowest BCUT2D eigenvalue weighted by Gasteiger charge is -2.43. The molecule has 1 amide bonds. The van der Waals surface area contributed by atoms with E-state index in [-0.39, 0.29) is 11.9 Å². The van der Waals surface area contributed by atoms with Crippen LogP contribution in [0.1, 0.15) is 110 Å². The maximum Gasteiger partial charge on any atom is 0.272 e. The van der Waals surface area contributed by atoms with Crippen molar-refractivity contribution in [2.75, 3.05) is 39.5 Å². The number of piperidine rings is 2.